The van der Waals surface area contributed by atoms with Gasteiger partial charge < -0.3 is 9.73 Å². The van der Waals surface area contributed by atoms with Crippen molar-refractivity contribution in [1.82, 2.24) is 25.3 Å². The highest BCUT2D eigenvalue weighted by Gasteiger charge is 2.51. The first kappa shape index (κ1) is 17.8. The Morgan fingerprint density at radius 3 is 2.60 bits per heavy atom. The molecule has 0 radical (unpaired) electrons. The minimum atomic E-state index is -0.837. The van der Waals surface area contributed by atoms with E-state index in [4.69, 9.17) is 4.42 Å². The molecule has 138 valence electrons. The summed E-state index contributed by atoms with van der Waals surface area (Å²) in [5.41, 5.74) is -1.01. The summed E-state index contributed by atoms with van der Waals surface area (Å²) in [5.74, 6) is 1.13. The first-order valence-corrected chi connectivity index (χ1v) is 8.77. The Hall–Kier alpha value is -1.96. The molecule has 3 amide bonds. The predicted octanol–water partition coefficient (Wildman–Crippen LogP) is 1.52. The third-order valence-corrected chi connectivity index (χ3v) is 5.21. The van der Waals surface area contributed by atoms with E-state index in [1.54, 1.807) is 0 Å². The normalized spacial score (nSPS) is 28.5. The van der Waals surface area contributed by atoms with Crippen LogP contribution in [0.5, 0.6) is 0 Å². The number of carbonyl (C=O) groups is 2. The molecule has 2 aliphatic rings. The van der Waals surface area contributed by atoms with E-state index in [1.807, 2.05) is 27.7 Å². The number of hydrogen-bond acceptors (Lipinski definition) is 6. The quantitative estimate of drug-likeness (QED) is 0.832. The van der Waals surface area contributed by atoms with Crippen LogP contribution in [0, 0.1) is 5.92 Å². The number of imide groups is 1. The second-order valence-electron chi connectivity index (χ2n) is 8.32. The zero-order chi connectivity index (χ0) is 18.4. The Labute approximate surface area is 147 Å². The number of nitrogens with one attached hydrogen (secondary N) is 1. The molecule has 1 aromatic rings. The predicted molar refractivity (Wildman–Crippen MR) is 90.7 cm³/mol. The van der Waals surface area contributed by atoms with Crippen molar-refractivity contribution in [3.05, 3.63) is 11.8 Å². The van der Waals surface area contributed by atoms with E-state index in [1.165, 1.54) is 11.9 Å². The number of urea groups is 1. The summed E-state index contributed by atoms with van der Waals surface area (Å²) >= 11 is 0. The van der Waals surface area contributed by atoms with Crippen LogP contribution in [0.3, 0.4) is 0 Å². The first-order valence-electron chi connectivity index (χ1n) is 8.77. The van der Waals surface area contributed by atoms with Crippen LogP contribution in [0.2, 0.25) is 0 Å². The fourth-order valence-electron chi connectivity index (χ4n) is 3.56. The Balaban J connectivity index is 1.69. The Kier molecular flexibility index (Phi) is 4.35. The van der Waals surface area contributed by atoms with E-state index in [0.29, 0.717) is 24.9 Å². The van der Waals surface area contributed by atoms with Crippen LogP contribution in [0.4, 0.5) is 4.79 Å². The Morgan fingerprint density at radius 2 is 2.04 bits per heavy atom. The highest BCUT2D eigenvalue weighted by atomic mass is 16.4. The summed E-state index contributed by atoms with van der Waals surface area (Å²) < 4.78 is 5.78. The van der Waals surface area contributed by atoms with Crippen LogP contribution in [0.25, 0.3) is 0 Å². The van der Waals surface area contributed by atoms with Crippen LogP contribution >= 0.6 is 0 Å². The summed E-state index contributed by atoms with van der Waals surface area (Å²) in [7, 11) is 1.52. The van der Waals surface area contributed by atoms with Gasteiger partial charge in [0, 0.05) is 24.9 Å². The van der Waals surface area contributed by atoms with Crippen molar-refractivity contribution in [2.75, 3.05) is 20.1 Å². The summed E-state index contributed by atoms with van der Waals surface area (Å²) in [5, 5.41) is 11.2. The van der Waals surface area contributed by atoms with Gasteiger partial charge in [-0.25, -0.2) is 4.79 Å². The van der Waals surface area contributed by atoms with Crippen molar-refractivity contribution in [1.29, 1.82) is 0 Å². The zero-order valence-corrected chi connectivity index (χ0v) is 15.6. The minimum absolute atomic E-state index is 0.0626. The minimum Gasteiger partial charge on any atom is -0.423 e. The van der Waals surface area contributed by atoms with E-state index >= 15 is 0 Å². The number of aromatic nitrogens is 2. The maximum atomic E-state index is 12.5. The van der Waals surface area contributed by atoms with Gasteiger partial charge in [-0.3, -0.25) is 14.6 Å². The lowest BCUT2D eigenvalue weighted by atomic mass is 9.80. The third-order valence-electron chi connectivity index (χ3n) is 5.21. The van der Waals surface area contributed by atoms with Gasteiger partial charge in [-0.05, 0) is 26.3 Å². The largest absolute Gasteiger partial charge is 0.423 e. The van der Waals surface area contributed by atoms with E-state index in [0.717, 1.165) is 19.4 Å². The molecule has 1 N–H and O–H groups in total. The molecular formula is C17H27N5O3. The van der Waals surface area contributed by atoms with Crippen LogP contribution in [0.1, 0.15) is 52.3 Å². The Morgan fingerprint density at radius 1 is 1.32 bits per heavy atom. The number of hydrogen-bond donors (Lipinski definition) is 1. The van der Waals surface area contributed by atoms with Gasteiger partial charge in [0.1, 0.15) is 5.54 Å². The topological polar surface area (TPSA) is 91.6 Å². The lowest BCUT2D eigenvalue weighted by molar-refractivity contribution is -0.132. The molecule has 25 heavy (non-hydrogen) atoms. The molecule has 3 heterocycles. The molecular weight excluding hydrogens is 322 g/mol. The highest BCUT2D eigenvalue weighted by Crippen LogP contribution is 2.32. The highest BCUT2D eigenvalue weighted by molar-refractivity contribution is 6.06. The average molecular weight is 349 g/mol. The maximum Gasteiger partial charge on any atom is 0.324 e. The van der Waals surface area contributed by atoms with Crippen LogP contribution in [0.15, 0.2) is 4.42 Å². The van der Waals surface area contributed by atoms with Gasteiger partial charge in [0.15, 0.2) is 0 Å². The summed E-state index contributed by atoms with van der Waals surface area (Å²) in [6.45, 7) is 10.1. The number of amides is 3. The van der Waals surface area contributed by atoms with Crippen molar-refractivity contribution in [2.24, 2.45) is 5.92 Å². The standard InChI is InChI=1S/C17H27N5O3/c1-16(2,3)13-20-19-12(25-13)10-22-8-6-7-11(9-22)17(4)14(23)21(5)15(24)18-17/h11H,6-10H2,1-5H3,(H,18,24)/t11-,17-/m0/s1. The summed E-state index contributed by atoms with van der Waals surface area (Å²) in [6, 6.07) is -0.323. The van der Waals surface area contributed by atoms with E-state index < -0.39 is 5.54 Å². The summed E-state index contributed by atoms with van der Waals surface area (Å²) in [6.07, 6.45) is 1.87. The first-order chi connectivity index (χ1) is 11.6. The van der Waals surface area contributed by atoms with Crippen molar-refractivity contribution in [3.8, 4) is 0 Å². The molecule has 2 fully saturated rings. The lowest BCUT2D eigenvalue weighted by Gasteiger charge is -2.39. The molecule has 0 unspecified atom stereocenters. The molecule has 3 rings (SSSR count). The molecule has 0 aromatic carbocycles. The number of nitrogens with zero attached hydrogens (tertiary/aromatic N) is 4. The second kappa shape index (κ2) is 6.09. The van der Waals surface area contributed by atoms with E-state index in [2.05, 4.69) is 20.4 Å². The molecule has 0 aliphatic carbocycles. The average Bonchev–Trinajstić information content (AvgIpc) is 3.08. The molecule has 2 aliphatic heterocycles. The SMILES string of the molecule is CN1C(=O)N[C@@](C)([C@H]2CCCN(Cc3nnc(C(C)(C)C)o3)C2)C1=O. The fraction of sp³-hybridized carbons (Fsp3) is 0.765. The van der Waals surface area contributed by atoms with E-state index in [9.17, 15) is 9.59 Å². The number of piperidine rings is 1. The molecule has 1 aromatic heterocycles. The smallest absolute Gasteiger partial charge is 0.324 e. The van der Waals surface area contributed by atoms with Crippen LogP contribution < -0.4 is 5.32 Å². The van der Waals surface area contributed by atoms with Crippen LogP contribution in [-0.4, -0.2) is 57.6 Å². The van der Waals surface area contributed by atoms with Crippen LogP contribution in [-0.2, 0) is 16.8 Å². The van der Waals surface area contributed by atoms with Crippen molar-refractivity contribution in [3.63, 3.8) is 0 Å². The Bertz CT molecular complexity index is 680. The molecule has 0 bridgehead atoms. The molecule has 2 saturated heterocycles. The zero-order valence-electron chi connectivity index (χ0n) is 15.6. The van der Waals surface area contributed by atoms with Gasteiger partial charge in [0.2, 0.25) is 11.8 Å². The maximum absolute atomic E-state index is 12.5. The van der Waals surface area contributed by atoms with Gasteiger partial charge in [0.25, 0.3) is 5.91 Å². The molecule has 2 atom stereocenters. The van der Waals surface area contributed by atoms with Gasteiger partial charge in [0.05, 0.1) is 6.54 Å². The monoisotopic (exact) mass is 349 g/mol. The van der Waals surface area contributed by atoms with E-state index in [-0.39, 0.29) is 23.3 Å². The van der Waals surface area contributed by atoms with Gasteiger partial charge in [-0.15, -0.1) is 10.2 Å². The molecule has 0 spiro atoms. The molecule has 8 heteroatoms. The second-order valence-corrected chi connectivity index (χ2v) is 8.32. The molecule has 0 saturated carbocycles. The number of likely N-dealkylation sites (N-methyl/N-ethyl adjacent to an activating group) is 1. The van der Waals surface area contributed by atoms with Crippen molar-refractivity contribution >= 4 is 11.9 Å². The molecule has 8 nitrogen and oxygen atoms in total. The van der Waals surface area contributed by atoms with Gasteiger partial charge in [-0.2, -0.15) is 0 Å². The van der Waals surface area contributed by atoms with Crippen molar-refractivity contribution < 1.29 is 14.0 Å². The lowest BCUT2D eigenvalue weighted by Crippen LogP contribution is -2.55. The number of rotatable bonds is 3. The number of carbonyl (C=O) groups excluding carboxylic acids is 2. The van der Waals surface area contributed by atoms with Crippen molar-refractivity contribution in [2.45, 2.75) is 58.0 Å². The third kappa shape index (κ3) is 3.27. The summed E-state index contributed by atoms with van der Waals surface area (Å²) in [4.78, 5) is 27.8. The van der Waals surface area contributed by atoms with Gasteiger partial charge in [-0.1, -0.05) is 20.8 Å². The number of likely N-dealkylation sites (tertiary alicyclic amines) is 1. The fourth-order valence-corrected chi connectivity index (χ4v) is 3.56. The van der Waals surface area contributed by atoms with Gasteiger partial charge >= 0.3 is 6.03 Å².